The summed E-state index contributed by atoms with van der Waals surface area (Å²) in [6.07, 6.45) is 2.56. The first-order chi connectivity index (χ1) is 10.2. The minimum absolute atomic E-state index is 0.0453. The van der Waals surface area contributed by atoms with Crippen LogP contribution in [0.1, 0.15) is 18.4 Å². The molecule has 1 fully saturated rings. The van der Waals surface area contributed by atoms with Crippen LogP contribution in [-0.4, -0.2) is 39.3 Å². The molecule has 1 aliphatic carbocycles. The number of hydrogen-bond acceptors (Lipinski definition) is 4. The quantitative estimate of drug-likeness (QED) is 0.683. The molecule has 5 nitrogen and oxygen atoms in total. The molecular weight excluding hydrogens is 268 g/mol. The third-order valence-electron chi connectivity index (χ3n) is 3.37. The minimum Gasteiger partial charge on any atom is -0.489 e. The van der Waals surface area contributed by atoms with E-state index < -0.39 is 0 Å². The van der Waals surface area contributed by atoms with Crippen molar-refractivity contribution >= 4 is 11.6 Å². The molecule has 21 heavy (non-hydrogen) atoms. The molecule has 0 aromatic heterocycles. The third-order valence-corrected chi connectivity index (χ3v) is 3.37. The lowest BCUT2D eigenvalue weighted by Crippen LogP contribution is -2.29. The number of methoxy groups -OCH3 is 1. The van der Waals surface area contributed by atoms with Crippen molar-refractivity contribution in [3.05, 3.63) is 23.8 Å². The van der Waals surface area contributed by atoms with Crippen LogP contribution in [0.3, 0.4) is 0 Å². The van der Waals surface area contributed by atoms with Crippen molar-refractivity contribution in [3.8, 4) is 5.75 Å². The molecule has 1 saturated carbocycles. The van der Waals surface area contributed by atoms with Crippen LogP contribution in [0.5, 0.6) is 5.75 Å². The van der Waals surface area contributed by atoms with E-state index >= 15 is 0 Å². The van der Waals surface area contributed by atoms with Crippen LogP contribution < -0.4 is 15.4 Å². The normalized spacial score (nSPS) is 14.0. The Morgan fingerprint density at radius 3 is 2.86 bits per heavy atom. The summed E-state index contributed by atoms with van der Waals surface area (Å²) in [5.41, 5.74) is 1.79. The van der Waals surface area contributed by atoms with Crippen molar-refractivity contribution in [3.63, 3.8) is 0 Å². The number of carbonyl (C=O) groups is 1. The Labute approximate surface area is 126 Å². The molecule has 2 rings (SSSR count). The smallest absolute Gasteiger partial charge is 0.238 e. The van der Waals surface area contributed by atoms with Crippen molar-refractivity contribution in [2.75, 3.05) is 38.7 Å². The molecule has 0 radical (unpaired) electrons. The number of hydrogen-bond donors (Lipinski definition) is 2. The highest BCUT2D eigenvalue weighted by atomic mass is 16.5. The Kier molecular flexibility index (Phi) is 6.02. The van der Waals surface area contributed by atoms with E-state index in [1.807, 2.05) is 25.1 Å². The van der Waals surface area contributed by atoms with Crippen LogP contribution in [0.2, 0.25) is 0 Å². The second kappa shape index (κ2) is 8.00. The fraction of sp³-hybridized carbons (Fsp3) is 0.562. The monoisotopic (exact) mass is 292 g/mol. The lowest BCUT2D eigenvalue weighted by atomic mass is 10.2. The number of rotatable bonds is 9. The molecule has 0 aliphatic heterocycles. The largest absolute Gasteiger partial charge is 0.489 e. The lowest BCUT2D eigenvalue weighted by Gasteiger charge is -2.13. The highest BCUT2D eigenvalue weighted by Gasteiger charge is 2.20. The molecule has 0 atom stereocenters. The van der Waals surface area contributed by atoms with Crippen LogP contribution in [0, 0.1) is 12.8 Å². The first kappa shape index (κ1) is 15.8. The second-order valence-electron chi connectivity index (χ2n) is 5.46. The predicted octanol–water partition coefficient (Wildman–Crippen LogP) is 1.96. The van der Waals surface area contributed by atoms with Gasteiger partial charge in [-0.1, -0.05) is 6.07 Å². The van der Waals surface area contributed by atoms with Crippen molar-refractivity contribution in [1.82, 2.24) is 5.32 Å². The summed E-state index contributed by atoms with van der Waals surface area (Å²) in [4.78, 5) is 11.9. The van der Waals surface area contributed by atoms with Gasteiger partial charge in [-0.3, -0.25) is 4.79 Å². The summed E-state index contributed by atoms with van der Waals surface area (Å²) in [6.45, 7) is 4.24. The van der Waals surface area contributed by atoms with E-state index in [0.717, 1.165) is 18.0 Å². The molecule has 1 amide bonds. The van der Waals surface area contributed by atoms with Crippen molar-refractivity contribution in [2.24, 2.45) is 5.92 Å². The zero-order valence-electron chi connectivity index (χ0n) is 12.8. The van der Waals surface area contributed by atoms with E-state index in [0.29, 0.717) is 31.2 Å². The van der Waals surface area contributed by atoms with E-state index in [4.69, 9.17) is 9.47 Å². The molecule has 1 aromatic rings. The van der Waals surface area contributed by atoms with Crippen LogP contribution >= 0.6 is 0 Å². The van der Waals surface area contributed by atoms with E-state index in [1.165, 1.54) is 12.8 Å². The zero-order valence-corrected chi connectivity index (χ0v) is 12.8. The van der Waals surface area contributed by atoms with Crippen LogP contribution in [0.15, 0.2) is 18.2 Å². The van der Waals surface area contributed by atoms with Gasteiger partial charge in [-0.15, -0.1) is 0 Å². The Balaban J connectivity index is 1.85. The molecule has 116 valence electrons. The highest BCUT2D eigenvalue weighted by Crippen LogP contribution is 2.27. The number of benzene rings is 1. The third kappa shape index (κ3) is 5.73. The predicted molar refractivity (Wildman–Crippen MR) is 82.8 cm³/mol. The van der Waals surface area contributed by atoms with Gasteiger partial charge in [0, 0.05) is 7.11 Å². The number of nitrogens with one attached hydrogen (secondary N) is 2. The fourth-order valence-corrected chi connectivity index (χ4v) is 1.99. The van der Waals surface area contributed by atoms with E-state index in [1.54, 1.807) is 7.11 Å². The van der Waals surface area contributed by atoms with Gasteiger partial charge >= 0.3 is 0 Å². The number of carbonyl (C=O) groups excluding carboxylic acids is 1. The van der Waals surface area contributed by atoms with Crippen molar-refractivity contribution in [1.29, 1.82) is 0 Å². The van der Waals surface area contributed by atoms with Gasteiger partial charge in [-0.25, -0.2) is 0 Å². The maximum Gasteiger partial charge on any atom is 0.238 e. The van der Waals surface area contributed by atoms with Crippen molar-refractivity contribution in [2.45, 2.75) is 19.8 Å². The zero-order chi connectivity index (χ0) is 15.1. The Morgan fingerprint density at radius 2 is 2.14 bits per heavy atom. The first-order valence-electron chi connectivity index (χ1n) is 7.42. The number of amides is 1. The van der Waals surface area contributed by atoms with Gasteiger partial charge in [-0.05, 0) is 49.9 Å². The Hall–Kier alpha value is -1.59. The molecule has 0 spiro atoms. The molecule has 2 N–H and O–H groups in total. The minimum atomic E-state index is -0.0453. The standard InChI is InChI=1S/C16H24N2O3/c1-12-3-6-14(15(9-12)21-8-7-20-2)18-16(19)11-17-10-13-4-5-13/h3,6,9,13,17H,4-5,7-8,10-11H2,1-2H3,(H,18,19). The molecule has 1 aliphatic rings. The average Bonchev–Trinajstić information content (AvgIpc) is 3.26. The first-order valence-corrected chi connectivity index (χ1v) is 7.42. The van der Waals surface area contributed by atoms with E-state index in [-0.39, 0.29) is 5.91 Å². The van der Waals surface area contributed by atoms with Gasteiger partial charge in [0.15, 0.2) is 0 Å². The maximum atomic E-state index is 11.9. The number of anilines is 1. The van der Waals surface area contributed by atoms with Crippen LogP contribution in [0.25, 0.3) is 0 Å². The molecule has 5 heteroatoms. The van der Waals surface area contributed by atoms with Gasteiger partial charge in [0.05, 0.1) is 18.8 Å². The molecule has 0 saturated heterocycles. The SMILES string of the molecule is COCCOc1cc(C)ccc1NC(=O)CNCC1CC1. The second-order valence-corrected chi connectivity index (χ2v) is 5.46. The number of aryl methyl sites for hydroxylation is 1. The summed E-state index contributed by atoms with van der Waals surface area (Å²) in [7, 11) is 1.63. The Bertz CT molecular complexity index is 473. The summed E-state index contributed by atoms with van der Waals surface area (Å²) >= 11 is 0. The van der Waals surface area contributed by atoms with Gasteiger partial charge in [-0.2, -0.15) is 0 Å². The van der Waals surface area contributed by atoms with E-state index in [9.17, 15) is 4.79 Å². The van der Waals surface area contributed by atoms with Gasteiger partial charge in [0.1, 0.15) is 12.4 Å². The molecule has 0 heterocycles. The fourth-order valence-electron chi connectivity index (χ4n) is 1.99. The van der Waals surface area contributed by atoms with Crippen LogP contribution in [-0.2, 0) is 9.53 Å². The molecule has 1 aromatic carbocycles. The van der Waals surface area contributed by atoms with Gasteiger partial charge < -0.3 is 20.1 Å². The van der Waals surface area contributed by atoms with E-state index in [2.05, 4.69) is 10.6 Å². The van der Waals surface area contributed by atoms with Gasteiger partial charge in [0.2, 0.25) is 5.91 Å². The van der Waals surface area contributed by atoms with Crippen LogP contribution in [0.4, 0.5) is 5.69 Å². The lowest BCUT2D eigenvalue weighted by molar-refractivity contribution is -0.115. The highest BCUT2D eigenvalue weighted by molar-refractivity contribution is 5.93. The molecule has 0 unspecified atom stereocenters. The summed E-state index contributed by atoms with van der Waals surface area (Å²) < 4.78 is 10.6. The molecular formula is C16H24N2O3. The maximum absolute atomic E-state index is 11.9. The topological polar surface area (TPSA) is 59.6 Å². The van der Waals surface area contributed by atoms with Gasteiger partial charge in [0.25, 0.3) is 0 Å². The summed E-state index contributed by atoms with van der Waals surface area (Å²) in [5.74, 6) is 1.41. The summed E-state index contributed by atoms with van der Waals surface area (Å²) in [5, 5.41) is 6.07. The number of ether oxygens (including phenoxy) is 2. The van der Waals surface area contributed by atoms with Crippen molar-refractivity contribution < 1.29 is 14.3 Å². The molecule has 0 bridgehead atoms. The average molecular weight is 292 g/mol. The Morgan fingerprint density at radius 1 is 1.33 bits per heavy atom. The summed E-state index contributed by atoms with van der Waals surface area (Å²) in [6, 6.07) is 5.75.